The molecule has 0 aliphatic carbocycles. The van der Waals surface area contributed by atoms with Crippen LogP contribution in [0.3, 0.4) is 0 Å². The van der Waals surface area contributed by atoms with Crippen LogP contribution in [0.5, 0.6) is 11.6 Å². The fourth-order valence-electron chi connectivity index (χ4n) is 1.63. The van der Waals surface area contributed by atoms with E-state index in [1.807, 2.05) is 39.0 Å². The van der Waals surface area contributed by atoms with E-state index >= 15 is 0 Å². The Labute approximate surface area is 107 Å². The second-order valence-electron chi connectivity index (χ2n) is 4.22. The number of hydrogen-bond acceptors (Lipinski definition) is 3. The lowest BCUT2D eigenvalue weighted by Gasteiger charge is -2.11. The first kappa shape index (κ1) is 12.1. The predicted molar refractivity (Wildman–Crippen MR) is 69.7 cm³/mol. The van der Waals surface area contributed by atoms with Crippen LogP contribution >= 0.6 is 0 Å². The fourth-order valence-corrected chi connectivity index (χ4v) is 1.63. The molecule has 0 aliphatic heterocycles. The van der Waals surface area contributed by atoms with Crippen molar-refractivity contribution in [1.82, 2.24) is 4.98 Å². The van der Waals surface area contributed by atoms with E-state index in [0.717, 1.165) is 22.6 Å². The SMILES string of the molecule is Cc1ccc(C#N)c(Oc2cccc(C)c2C)n1. The Balaban J connectivity index is 2.43. The maximum absolute atomic E-state index is 9.04. The summed E-state index contributed by atoms with van der Waals surface area (Å²) in [6, 6.07) is 11.5. The molecule has 0 saturated heterocycles. The number of nitriles is 1. The quantitative estimate of drug-likeness (QED) is 0.801. The largest absolute Gasteiger partial charge is 0.437 e. The van der Waals surface area contributed by atoms with Crippen LogP contribution in [0, 0.1) is 32.1 Å². The van der Waals surface area contributed by atoms with Gasteiger partial charge in [-0.1, -0.05) is 12.1 Å². The lowest BCUT2D eigenvalue weighted by atomic mass is 10.1. The minimum absolute atomic E-state index is 0.367. The van der Waals surface area contributed by atoms with Crippen LogP contribution in [0.15, 0.2) is 30.3 Å². The molecule has 3 heteroatoms. The highest BCUT2D eigenvalue weighted by atomic mass is 16.5. The van der Waals surface area contributed by atoms with Crippen molar-refractivity contribution in [2.75, 3.05) is 0 Å². The maximum atomic E-state index is 9.04. The van der Waals surface area contributed by atoms with Gasteiger partial charge >= 0.3 is 0 Å². The molecule has 1 aromatic carbocycles. The number of nitrogens with zero attached hydrogens (tertiary/aromatic N) is 2. The van der Waals surface area contributed by atoms with Crippen LogP contribution in [0.4, 0.5) is 0 Å². The highest BCUT2D eigenvalue weighted by Gasteiger charge is 2.09. The molecular weight excluding hydrogens is 224 g/mol. The Kier molecular flexibility index (Phi) is 3.29. The second kappa shape index (κ2) is 4.89. The third kappa shape index (κ3) is 2.33. The molecule has 0 aliphatic rings. The lowest BCUT2D eigenvalue weighted by molar-refractivity contribution is 0.456. The zero-order valence-corrected chi connectivity index (χ0v) is 10.7. The summed E-state index contributed by atoms with van der Waals surface area (Å²) in [5.41, 5.74) is 3.49. The molecule has 1 heterocycles. The van der Waals surface area contributed by atoms with E-state index in [0.29, 0.717) is 11.4 Å². The lowest BCUT2D eigenvalue weighted by Crippen LogP contribution is -1.96. The van der Waals surface area contributed by atoms with Gasteiger partial charge in [0, 0.05) is 5.69 Å². The Bertz CT molecular complexity index is 627. The second-order valence-corrected chi connectivity index (χ2v) is 4.22. The summed E-state index contributed by atoms with van der Waals surface area (Å²) < 4.78 is 5.76. The van der Waals surface area contributed by atoms with E-state index in [2.05, 4.69) is 11.1 Å². The van der Waals surface area contributed by atoms with Crippen molar-refractivity contribution >= 4 is 0 Å². The highest BCUT2D eigenvalue weighted by molar-refractivity contribution is 5.45. The number of ether oxygens (including phenoxy) is 1. The summed E-state index contributed by atoms with van der Waals surface area (Å²) in [6.45, 7) is 5.89. The number of rotatable bonds is 2. The molecule has 0 N–H and O–H groups in total. The number of aromatic nitrogens is 1. The predicted octanol–water partition coefficient (Wildman–Crippen LogP) is 3.67. The fraction of sp³-hybridized carbons (Fsp3) is 0.200. The van der Waals surface area contributed by atoms with Crippen LogP contribution in [0.2, 0.25) is 0 Å². The molecule has 2 aromatic rings. The molecule has 0 spiro atoms. The molecular formula is C15H14N2O. The summed E-state index contributed by atoms with van der Waals surface area (Å²) in [5.74, 6) is 1.11. The van der Waals surface area contributed by atoms with Gasteiger partial charge < -0.3 is 4.74 Å². The van der Waals surface area contributed by atoms with E-state index in [4.69, 9.17) is 10.00 Å². The molecule has 2 rings (SSSR count). The van der Waals surface area contributed by atoms with E-state index in [1.165, 1.54) is 0 Å². The minimum atomic E-state index is 0.367. The van der Waals surface area contributed by atoms with Crippen molar-refractivity contribution in [3.05, 3.63) is 52.7 Å². The number of benzene rings is 1. The van der Waals surface area contributed by atoms with Crippen molar-refractivity contribution in [2.45, 2.75) is 20.8 Å². The Morgan fingerprint density at radius 3 is 2.61 bits per heavy atom. The van der Waals surface area contributed by atoms with Crippen LogP contribution in [0.1, 0.15) is 22.4 Å². The number of hydrogen-bond donors (Lipinski definition) is 0. The van der Waals surface area contributed by atoms with Gasteiger partial charge in [-0.25, -0.2) is 4.98 Å². The van der Waals surface area contributed by atoms with Crippen LogP contribution in [-0.4, -0.2) is 4.98 Å². The van der Waals surface area contributed by atoms with Gasteiger partial charge in [0.05, 0.1) is 0 Å². The zero-order chi connectivity index (χ0) is 13.1. The Morgan fingerprint density at radius 1 is 1.11 bits per heavy atom. The summed E-state index contributed by atoms with van der Waals surface area (Å²) in [4.78, 5) is 4.27. The van der Waals surface area contributed by atoms with Crippen LogP contribution in [0.25, 0.3) is 0 Å². The summed E-state index contributed by atoms with van der Waals surface area (Å²) in [6.07, 6.45) is 0. The molecule has 0 amide bonds. The van der Waals surface area contributed by atoms with E-state index in [-0.39, 0.29) is 0 Å². The smallest absolute Gasteiger partial charge is 0.237 e. The highest BCUT2D eigenvalue weighted by Crippen LogP contribution is 2.27. The monoisotopic (exact) mass is 238 g/mol. The Morgan fingerprint density at radius 2 is 1.89 bits per heavy atom. The molecule has 0 saturated carbocycles. The zero-order valence-electron chi connectivity index (χ0n) is 10.7. The molecule has 0 atom stereocenters. The van der Waals surface area contributed by atoms with Gasteiger partial charge in [0.25, 0.3) is 0 Å². The molecule has 0 radical (unpaired) electrons. The van der Waals surface area contributed by atoms with Gasteiger partial charge in [-0.2, -0.15) is 5.26 Å². The van der Waals surface area contributed by atoms with E-state index in [1.54, 1.807) is 12.1 Å². The number of pyridine rings is 1. The summed E-state index contributed by atoms with van der Waals surface area (Å²) in [7, 11) is 0. The van der Waals surface area contributed by atoms with Crippen molar-refractivity contribution in [2.24, 2.45) is 0 Å². The van der Waals surface area contributed by atoms with Gasteiger partial charge in [0.2, 0.25) is 5.88 Å². The van der Waals surface area contributed by atoms with Gasteiger partial charge in [0.15, 0.2) is 0 Å². The molecule has 18 heavy (non-hydrogen) atoms. The van der Waals surface area contributed by atoms with Gasteiger partial charge in [-0.3, -0.25) is 0 Å². The van der Waals surface area contributed by atoms with Crippen LogP contribution in [-0.2, 0) is 0 Å². The normalized spacial score (nSPS) is 9.89. The summed E-state index contributed by atoms with van der Waals surface area (Å²) in [5, 5.41) is 9.04. The molecule has 0 fully saturated rings. The summed E-state index contributed by atoms with van der Waals surface area (Å²) >= 11 is 0. The van der Waals surface area contributed by atoms with Crippen molar-refractivity contribution in [1.29, 1.82) is 5.26 Å². The third-order valence-electron chi connectivity index (χ3n) is 2.88. The molecule has 0 unspecified atom stereocenters. The van der Waals surface area contributed by atoms with E-state index < -0.39 is 0 Å². The van der Waals surface area contributed by atoms with Crippen LogP contribution < -0.4 is 4.74 Å². The van der Waals surface area contributed by atoms with Gasteiger partial charge in [-0.05, 0) is 50.1 Å². The standard InChI is InChI=1S/C15H14N2O/c1-10-5-4-6-14(12(10)3)18-15-13(9-16)8-7-11(2)17-15/h4-8H,1-3H3. The third-order valence-corrected chi connectivity index (χ3v) is 2.88. The van der Waals surface area contributed by atoms with Crippen molar-refractivity contribution in [3.8, 4) is 17.7 Å². The van der Waals surface area contributed by atoms with Gasteiger partial charge in [-0.15, -0.1) is 0 Å². The minimum Gasteiger partial charge on any atom is -0.437 e. The average Bonchev–Trinajstić information content (AvgIpc) is 2.35. The van der Waals surface area contributed by atoms with Crippen molar-refractivity contribution in [3.63, 3.8) is 0 Å². The first-order valence-corrected chi connectivity index (χ1v) is 5.73. The van der Waals surface area contributed by atoms with Gasteiger partial charge in [0.1, 0.15) is 17.4 Å². The molecule has 90 valence electrons. The Hall–Kier alpha value is -2.34. The maximum Gasteiger partial charge on any atom is 0.237 e. The first-order valence-electron chi connectivity index (χ1n) is 5.73. The first-order chi connectivity index (χ1) is 8.61. The average molecular weight is 238 g/mol. The number of aryl methyl sites for hydroxylation is 2. The van der Waals surface area contributed by atoms with Crippen molar-refractivity contribution < 1.29 is 4.74 Å². The topological polar surface area (TPSA) is 45.9 Å². The molecule has 0 bridgehead atoms. The van der Waals surface area contributed by atoms with E-state index in [9.17, 15) is 0 Å². The molecule has 1 aromatic heterocycles. The molecule has 3 nitrogen and oxygen atoms in total.